The van der Waals surface area contributed by atoms with Crippen molar-refractivity contribution in [3.8, 4) is 0 Å². The van der Waals surface area contributed by atoms with Gasteiger partial charge in [-0.15, -0.1) is 0 Å². The minimum absolute atomic E-state index is 0.136. The van der Waals surface area contributed by atoms with Crippen molar-refractivity contribution in [3.63, 3.8) is 0 Å². The number of nitrogens with one attached hydrogen (secondary N) is 2. The molecule has 1 amide bonds. The fourth-order valence-electron chi connectivity index (χ4n) is 2.25. The average molecular weight is 276 g/mol. The third kappa shape index (κ3) is 2.85. The molecule has 106 valence electrons. The Hall–Kier alpha value is -2.22. The van der Waals surface area contributed by atoms with E-state index < -0.39 is 0 Å². The van der Waals surface area contributed by atoms with Crippen LogP contribution in [0.2, 0.25) is 0 Å². The van der Waals surface area contributed by atoms with Crippen LogP contribution in [0.15, 0.2) is 16.9 Å². The monoisotopic (exact) mass is 276 g/mol. The Bertz CT molecular complexity index is 605. The van der Waals surface area contributed by atoms with Crippen molar-refractivity contribution in [1.82, 2.24) is 25.2 Å². The summed E-state index contributed by atoms with van der Waals surface area (Å²) in [6.07, 6.45) is 3.40. The molecule has 0 aliphatic carbocycles. The third-order valence-electron chi connectivity index (χ3n) is 3.25. The van der Waals surface area contributed by atoms with E-state index in [9.17, 15) is 4.79 Å². The van der Waals surface area contributed by atoms with Crippen LogP contribution in [0.1, 0.15) is 18.0 Å². The fourth-order valence-corrected chi connectivity index (χ4v) is 2.25. The van der Waals surface area contributed by atoms with Crippen LogP contribution in [0.3, 0.4) is 0 Å². The molecule has 2 N–H and O–H groups in total. The molecular weight excluding hydrogens is 260 g/mol. The molecule has 0 spiro atoms. The first kappa shape index (κ1) is 12.8. The molecule has 0 saturated carbocycles. The first-order chi connectivity index (χ1) is 9.70. The van der Waals surface area contributed by atoms with E-state index in [4.69, 9.17) is 4.52 Å². The molecule has 2 aromatic heterocycles. The zero-order valence-electron chi connectivity index (χ0n) is 11.2. The predicted molar refractivity (Wildman–Crippen MR) is 70.0 cm³/mol. The summed E-state index contributed by atoms with van der Waals surface area (Å²) in [5, 5.41) is 13.8. The van der Waals surface area contributed by atoms with Gasteiger partial charge in [-0.3, -0.25) is 4.79 Å². The summed E-state index contributed by atoms with van der Waals surface area (Å²) in [5.74, 6) is 1.98. The minimum atomic E-state index is -0.136. The van der Waals surface area contributed by atoms with E-state index in [1.54, 1.807) is 19.3 Å². The quantitative estimate of drug-likeness (QED) is 0.823. The number of fused-ring (bicyclic) bond motifs is 1. The lowest BCUT2D eigenvalue weighted by Gasteiger charge is -2.23. The van der Waals surface area contributed by atoms with E-state index in [2.05, 4.69) is 25.9 Å². The zero-order chi connectivity index (χ0) is 13.9. The molecule has 0 unspecified atom stereocenters. The van der Waals surface area contributed by atoms with Crippen molar-refractivity contribution in [1.29, 1.82) is 0 Å². The van der Waals surface area contributed by atoms with Crippen LogP contribution in [0, 0.1) is 6.92 Å². The zero-order valence-corrected chi connectivity index (χ0v) is 11.2. The topological polar surface area (TPSA) is 97.9 Å². The second-order valence-corrected chi connectivity index (χ2v) is 4.85. The molecule has 1 aliphatic heterocycles. The van der Waals surface area contributed by atoms with Crippen molar-refractivity contribution in [2.75, 3.05) is 11.9 Å². The number of amides is 1. The summed E-state index contributed by atoms with van der Waals surface area (Å²) in [6, 6.07) is 1.91. The second-order valence-electron chi connectivity index (χ2n) is 4.85. The maximum Gasteiger partial charge on any atom is 0.239 e. The summed E-state index contributed by atoms with van der Waals surface area (Å²) in [6.45, 7) is 2.75. The van der Waals surface area contributed by atoms with E-state index in [0.717, 1.165) is 25.2 Å². The van der Waals surface area contributed by atoms with Crippen LogP contribution in [-0.4, -0.2) is 38.4 Å². The van der Waals surface area contributed by atoms with E-state index in [0.29, 0.717) is 11.6 Å². The molecule has 1 atom stereocenters. The minimum Gasteiger partial charge on any atom is -0.360 e. The van der Waals surface area contributed by atoms with Crippen LogP contribution in [0.25, 0.3) is 0 Å². The molecule has 0 radical (unpaired) electrons. The number of rotatable bonds is 4. The molecule has 8 heteroatoms. The lowest BCUT2D eigenvalue weighted by molar-refractivity contribution is -0.115. The van der Waals surface area contributed by atoms with Crippen molar-refractivity contribution in [2.24, 2.45) is 0 Å². The molecule has 0 saturated heterocycles. The Morgan fingerprint density at radius 1 is 1.60 bits per heavy atom. The summed E-state index contributed by atoms with van der Waals surface area (Å²) in [4.78, 5) is 15.9. The van der Waals surface area contributed by atoms with E-state index in [-0.39, 0.29) is 18.5 Å². The number of anilines is 1. The number of carbonyl (C=O) groups is 1. The largest absolute Gasteiger partial charge is 0.360 e. The highest BCUT2D eigenvalue weighted by Crippen LogP contribution is 2.11. The van der Waals surface area contributed by atoms with Gasteiger partial charge >= 0.3 is 0 Å². The molecule has 8 nitrogen and oxygen atoms in total. The molecule has 3 heterocycles. The molecule has 20 heavy (non-hydrogen) atoms. The number of nitrogens with zero attached hydrogens (tertiary/aromatic N) is 4. The van der Waals surface area contributed by atoms with Gasteiger partial charge in [0.2, 0.25) is 5.91 Å². The Balaban J connectivity index is 1.47. The number of aryl methyl sites for hydroxylation is 2. The van der Waals surface area contributed by atoms with E-state index in [1.165, 1.54) is 0 Å². The normalized spacial score (nSPS) is 17.8. The third-order valence-corrected chi connectivity index (χ3v) is 3.25. The van der Waals surface area contributed by atoms with Gasteiger partial charge in [0.05, 0.1) is 13.1 Å². The lowest BCUT2D eigenvalue weighted by atomic mass is 10.1. The molecule has 1 aliphatic rings. The smallest absolute Gasteiger partial charge is 0.239 e. The molecule has 3 rings (SSSR count). The van der Waals surface area contributed by atoms with Gasteiger partial charge < -0.3 is 15.2 Å². The Morgan fingerprint density at radius 2 is 2.50 bits per heavy atom. The second kappa shape index (κ2) is 5.41. The molecular formula is C12H16N6O2. The van der Waals surface area contributed by atoms with Gasteiger partial charge in [-0.25, -0.2) is 9.67 Å². The highest BCUT2D eigenvalue weighted by molar-refractivity contribution is 5.91. The van der Waals surface area contributed by atoms with Gasteiger partial charge in [-0.2, -0.15) is 5.10 Å². The Kier molecular flexibility index (Phi) is 3.46. The van der Waals surface area contributed by atoms with Crippen LogP contribution >= 0.6 is 0 Å². The van der Waals surface area contributed by atoms with Crippen molar-refractivity contribution < 1.29 is 9.32 Å². The predicted octanol–water partition coefficient (Wildman–Crippen LogP) is 0.118. The summed E-state index contributed by atoms with van der Waals surface area (Å²) >= 11 is 0. The van der Waals surface area contributed by atoms with Gasteiger partial charge in [-0.1, -0.05) is 5.16 Å². The maximum absolute atomic E-state index is 11.8. The first-order valence-corrected chi connectivity index (χ1v) is 6.54. The van der Waals surface area contributed by atoms with Gasteiger partial charge in [0.25, 0.3) is 0 Å². The van der Waals surface area contributed by atoms with Gasteiger partial charge in [-0.05, 0) is 13.3 Å². The average Bonchev–Trinajstić information content (AvgIpc) is 3.04. The van der Waals surface area contributed by atoms with Gasteiger partial charge in [0.1, 0.15) is 17.9 Å². The van der Waals surface area contributed by atoms with E-state index in [1.807, 2.05) is 4.68 Å². The fraction of sp³-hybridized carbons (Fsp3) is 0.500. The Labute approximate surface area is 115 Å². The highest BCUT2D eigenvalue weighted by Gasteiger charge is 2.20. The molecule has 2 aromatic rings. The lowest BCUT2D eigenvalue weighted by Crippen LogP contribution is -2.41. The number of carbonyl (C=O) groups excluding carboxylic acids is 1. The highest BCUT2D eigenvalue weighted by atomic mass is 16.5. The summed E-state index contributed by atoms with van der Waals surface area (Å²) in [5.41, 5.74) is 0. The van der Waals surface area contributed by atoms with Crippen LogP contribution < -0.4 is 10.6 Å². The molecule has 0 fully saturated rings. The standard InChI is InChI=1S/C12H16N6O2/c1-8-4-10(17-20-8)16-12(19)5-13-9-2-3-11-14-7-15-18(11)6-9/h4,7,9,13H,2-3,5-6H2,1H3,(H,16,17,19)/t9-/m0/s1. The van der Waals surface area contributed by atoms with Crippen molar-refractivity contribution in [2.45, 2.75) is 32.4 Å². The van der Waals surface area contributed by atoms with E-state index >= 15 is 0 Å². The Morgan fingerprint density at radius 3 is 3.30 bits per heavy atom. The number of hydrogen-bond acceptors (Lipinski definition) is 6. The maximum atomic E-state index is 11.8. The first-order valence-electron chi connectivity index (χ1n) is 6.54. The molecule has 0 bridgehead atoms. The molecule has 0 aromatic carbocycles. The van der Waals surface area contributed by atoms with Crippen LogP contribution in [-0.2, 0) is 17.8 Å². The van der Waals surface area contributed by atoms with Crippen molar-refractivity contribution in [3.05, 3.63) is 24.0 Å². The van der Waals surface area contributed by atoms with Gasteiger partial charge in [0, 0.05) is 18.5 Å². The number of hydrogen-bond donors (Lipinski definition) is 2. The van der Waals surface area contributed by atoms with Gasteiger partial charge in [0.15, 0.2) is 5.82 Å². The number of aromatic nitrogens is 4. The SMILES string of the molecule is Cc1cc(NC(=O)CN[C@H]2CCc3ncnn3C2)no1. The van der Waals surface area contributed by atoms with Crippen LogP contribution in [0.4, 0.5) is 5.82 Å². The summed E-state index contributed by atoms with van der Waals surface area (Å²) in [7, 11) is 0. The summed E-state index contributed by atoms with van der Waals surface area (Å²) < 4.78 is 6.76. The van der Waals surface area contributed by atoms with Crippen molar-refractivity contribution >= 4 is 11.7 Å². The van der Waals surface area contributed by atoms with Crippen LogP contribution in [0.5, 0.6) is 0 Å².